The highest BCUT2D eigenvalue weighted by molar-refractivity contribution is 6.31. The van der Waals surface area contributed by atoms with E-state index in [2.05, 4.69) is 15.1 Å². The summed E-state index contributed by atoms with van der Waals surface area (Å²) in [7, 11) is 0. The van der Waals surface area contributed by atoms with Crippen molar-refractivity contribution < 1.29 is 23.4 Å². The molecule has 3 aromatic heterocycles. The van der Waals surface area contributed by atoms with Gasteiger partial charge < -0.3 is 14.2 Å². The molecule has 0 fully saturated rings. The molecule has 0 atom stereocenters. The minimum Gasteiger partial charge on any atom is -0.463 e. The second kappa shape index (κ2) is 9.52. The van der Waals surface area contributed by atoms with Crippen LogP contribution in [0.25, 0.3) is 5.82 Å². The molecule has 0 bridgehead atoms. The molecule has 11 heteroatoms. The first kappa shape index (κ1) is 22.2. The van der Waals surface area contributed by atoms with Crippen molar-refractivity contribution in [2.45, 2.75) is 20.8 Å². The Hall–Kier alpha value is -3.53. The number of carbonyl (C=O) groups is 1. The van der Waals surface area contributed by atoms with Gasteiger partial charge in [0, 0.05) is 17.8 Å². The maximum absolute atomic E-state index is 14.5. The van der Waals surface area contributed by atoms with Gasteiger partial charge in [-0.05, 0) is 38.5 Å². The van der Waals surface area contributed by atoms with Gasteiger partial charge in [-0.2, -0.15) is 14.8 Å². The molecule has 0 aliphatic carbocycles. The van der Waals surface area contributed by atoms with Gasteiger partial charge in [-0.3, -0.25) is 4.79 Å². The van der Waals surface area contributed by atoms with Crippen LogP contribution < -0.4 is 15.0 Å². The lowest BCUT2D eigenvalue weighted by Gasteiger charge is -2.13. The molecule has 0 saturated carbocycles. The van der Waals surface area contributed by atoms with Crippen molar-refractivity contribution in [2.75, 3.05) is 13.2 Å². The topological polar surface area (TPSA) is 105 Å². The van der Waals surface area contributed by atoms with Crippen molar-refractivity contribution in [3.05, 3.63) is 62.9 Å². The van der Waals surface area contributed by atoms with E-state index in [1.54, 1.807) is 26.8 Å². The molecule has 3 aromatic rings. The number of carbonyl (C=O) groups excluding carboxylic acids is 1. The highest BCUT2D eigenvalue weighted by Crippen LogP contribution is 2.33. The molecular formula is C20H18ClFN4O5. The fourth-order valence-corrected chi connectivity index (χ4v) is 2.61. The molecular weight excluding hydrogens is 431 g/mol. The number of rotatable bonds is 7. The van der Waals surface area contributed by atoms with Gasteiger partial charge in [-0.1, -0.05) is 11.6 Å². The van der Waals surface area contributed by atoms with Gasteiger partial charge in [0.25, 0.3) is 11.4 Å². The number of hydrogen-bond donors (Lipinski definition) is 0. The third-order valence-electron chi connectivity index (χ3n) is 4.13. The molecule has 9 nitrogen and oxygen atoms in total. The first-order valence-electron chi connectivity index (χ1n) is 9.15. The lowest BCUT2D eigenvalue weighted by Crippen LogP contribution is -2.25. The summed E-state index contributed by atoms with van der Waals surface area (Å²) in [5.41, 5.74) is 0.529. The fourth-order valence-electron chi connectivity index (χ4n) is 2.43. The lowest BCUT2D eigenvalue weighted by atomic mass is 10.2. The van der Waals surface area contributed by atoms with Crippen LogP contribution in [-0.4, -0.2) is 38.9 Å². The first-order chi connectivity index (χ1) is 14.8. The van der Waals surface area contributed by atoms with Crippen LogP contribution in [0, 0.1) is 19.7 Å². The van der Waals surface area contributed by atoms with Crippen molar-refractivity contribution in [3.8, 4) is 23.3 Å². The second-order valence-corrected chi connectivity index (χ2v) is 6.66. The minimum absolute atomic E-state index is 0.0271. The molecule has 0 radical (unpaired) electrons. The fraction of sp³-hybridized carbons (Fsp3) is 0.250. The second-order valence-electron chi connectivity index (χ2n) is 6.25. The van der Waals surface area contributed by atoms with Crippen LogP contribution in [0.15, 0.2) is 35.4 Å². The van der Waals surface area contributed by atoms with Crippen LogP contribution >= 0.6 is 11.6 Å². The van der Waals surface area contributed by atoms with E-state index in [1.807, 2.05) is 0 Å². The predicted molar refractivity (Wildman–Crippen MR) is 109 cm³/mol. The normalized spacial score (nSPS) is 10.6. The average Bonchev–Trinajstić information content (AvgIpc) is 2.74. The molecule has 0 saturated heterocycles. The van der Waals surface area contributed by atoms with E-state index in [1.165, 1.54) is 18.5 Å². The van der Waals surface area contributed by atoms with Gasteiger partial charge >= 0.3 is 5.97 Å². The van der Waals surface area contributed by atoms with Crippen LogP contribution in [0.2, 0.25) is 5.02 Å². The number of hydrogen-bond acceptors (Lipinski definition) is 8. The Morgan fingerprint density at radius 2 is 2.06 bits per heavy atom. The molecule has 0 aliphatic rings. The smallest absolute Gasteiger partial charge is 0.344 e. The molecule has 0 unspecified atom stereocenters. The quantitative estimate of drug-likeness (QED) is 0.507. The monoisotopic (exact) mass is 448 g/mol. The van der Waals surface area contributed by atoms with Crippen molar-refractivity contribution >= 4 is 17.6 Å². The summed E-state index contributed by atoms with van der Waals surface area (Å²) in [5, 5.41) is 3.79. The molecule has 0 amide bonds. The molecule has 0 spiro atoms. The number of nitrogens with zero attached hydrogens (tertiary/aromatic N) is 4. The largest absolute Gasteiger partial charge is 0.463 e. The van der Waals surface area contributed by atoms with E-state index in [0.29, 0.717) is 11.1 Å². The standard InChI is InChI=1S/C20H18ClFN4O5/c1-4-29-16(27)10-30-19-15(6-5-7-23-19)31-18-13(21)8-14(22)17(25-18)26-20(28)12(3)11(2)9-24-26/h5-9H,4,10H2,1-3H3. The van der Waals surface area contributed by atoms with Crippen molar-refractivity contribution in [1.29, 1.82) is 0 Å². The van der Waals surface area contributed by atoms with Crippen LogP contribution in [0.5, 0.6) is 17.5 Å². The van der Waals surface area contributed by atoms with Crippen molar-refractivity contribution in [1.82, 2.24) is 19.7 Å². The Labute approximate surface area is 181 Å². The zero-order valence-corrected chi connectivity index (χ0v) is 17.6. The number of ether oxygens (including phenoxy) is 3. The van der Waals surface area contributed by atoms with E-state index < -0.39 is 17.3 Å². The van der Waals surface area contributed by atoms with Crippen LogP contribution in [-0.2, 0) is 9.53 Å². The maximum atomic E-state index is 14.5. The van der Waals surface area contributed by atoms with Crippen molar-refractivity contribution in [3.63, 3.8) is 0 Å². The Morgan fingerprint density at radius 3 is 2.81 bits per heavy atom. The van der Waals surface area contributed by atoms with E-state index >= 15 is 0 Å². The van der Waals surface area contributed by atoms with Gasteiger partial charge in [0.1, 0.15) is 5.02 Å². The van der Waals surface area contributed by atoms with Crippen LogP contribution in [0.1, 0.15) is 18.1 Å². The highest BCUT2D eigenvalue weighted by atomic mass is 35.5. The Morgan fingerprint density at radius 1 is 1.29 bits per heavy atom. The highest BCUT2D eigenvalue weighted by Gasteiger charge is 2.19. The van der Waals surface area contributed by atoms with Gasteiger partial charge in [-0.25, -0.2) is 14.2 Å². The summed E-state index contributed by atoms with van der Waals surface area (Å²) in [6.07, 6.45) is 2.85. The van der Waals surface area contributed by atoms with Crippen LogP contribution in [0.3, 0.4) is 0 Å². The number of aryl methyl sites for hydroxylation is 1. The Bertz CT molecular complexity index is 1180. The average molecular weight is 449 g/mol. The number of halogens is 2. The molecule has 3 rings (SSSR count). The molecule has 0 N–H and O–H groups in total. The van der Waals surface area contributed by atoms with E-state index in [9.17, 15) is 14.0 Å². The van der Waals surface area contributed by atoms with Crippen LogP contribution in [0.4, 0.5) is 4.39 Å². The Kier molecular flexibility index (Phi) is 6.81. The molecule has 162 valence electrons. The first-order valence-corrected chi connectivity index (χ1v) is 9.52. The minimum atomic E-state index is -0.861. The van der Waals surface area contributed by atoms with Gasteiger partial charge in [0.15, 0.2) is 24.0 Å². The van der Waals surface area contributed by atoms with Crippen molar-refractivity contribution in [2.24, 2.45) is 0 Å². The summed E-state index contributed by atoms with van der Waals surface area (Å²) in [6.45, 7) is 4.80. The zero-order chi connectivity index (χ0) is 22.5. The summed E-state index contributed by atoms with van der Waals surface area (Å²) in [5.74, 6) is -2.00. The third-order valence-corrected chi connectivity index (χ3v) is 4.40. The zero-order valence-electron chi connectivity index (χ0n) is 16.9. The third kappa shape index (κ3) is 4.97. The molecule has 0 aromatic carbocycles. The SMILES string of the molecule is CCOC(=O)COc1ncccc1Oc1nc(-n2ncc(C)c(C)c2=O)c(F)cc1Cl. The van der Waals surface area contributed by atoms with E-state index in [4.69, 9.17) is 25.8 Å². The molecule has 31 heavy (non-hydrogen) atoms. The van der Waals surface area contributed by atoms with Gasteiger partial charge in [-0.15, -0.1) is 0 Å². The molecule has 3 heterocycles. The lowest BCUT2D eigenvalue weighted by molar-refractivity contribution is -0.145. The maximum Gasteiger partial charge on any atom is 0.344 e. The predicted octanol–water partition coefficient (Wildman–Crippen LogP) is 3.17. The van der Waals surface area contributed by atoms with E-state index in [-0.39, 0.29) is 41.6 Å². The number of esters is 1. The summed E-state index contributed by atoms with van der Waals surface area (Å²) in [6, 6.07) is 4.01. The van der Waals surface area contributed by atoms with E-state index in [0.717, 1.165) is 10.7 Å². The summed E-state index contributed by atoms with van der Waals surface area (Å²) >= 11 is 6.09. The number of pyridine rings is 2. The van der Waals surface area contributed by atoms with Gasteiger partial charge in [0.2, 0.25) is 5.88 Å². The summed E-state index contributed by atoms with van der Waals surface area (Å²) < 4.78 is 31.1. The summed E-state index contributed by atoms with van der Waals surface area (Å²) in [4.78, 5) is 32.1. The van der Waals surface area contributed by atoms with Gasteiger partial charge in [0.05, 0.1) is 12.8 Å². The molecule has 0 aliphatic heterocycles. The number of aromatic nitrogens is 4. The Balaban J connectivity index is 1.96.